The summed E-state index contributed by atoms with van der Waals surface area (Å²) in [6.45, 7) is 5.75. The Hall–Kier alpha value is -3.13. The maximum Gasteiger partial charge on any atom is 0.234 e. The first-order chi connectivity index (χ1) is 14.0. The van der Waals surface area contributed by atoms with Crippen LogP contribution in [0.3, 0.4) is 0 Å². The number of fused-ring (bicyclic) bond motifs is 1. The topological polar surface area (TPSA) is 98.4 Å². The number of nitrogens with zero attached hydrogens (tertiary/aromatic N) is 4. The third kappa shape index (κ3) is 3.51. The summed E-state index contributed by atoms with van der Waals surface area (Å²) in [5.74, 6) is 3.03. The minimum atomic E-state index is 0.344. The number of aromatic nitrogens is 3. The number of hydrogen-bond acceptors (Lipinski definition) is 8. The van der Waals surface area contributed by atoms with Crippen LogP contribution in [0.15, 0.2) is 24.5 Å². The second kappa shape index (κ2) is 7.71. The van der Waals surface area contributed by atoms with Crippen LogP contribution in [0.1, 0.15) is 17.5 Å². The number of nitrogen functional groups attached to an aromatic ring is 1. The molecular formula is C21H26N6O2. The van der Waals surface area contributed by atoms with E-state index in [0.717, 1.165) is 42.2 Å². The largest absolute Gasteiger partial charge is 0.496 e. The van der Waals surface area contributed by atoms with Crippen LogP contribution in [-0.4, -0.2) is 48.2 Å². The number of nitrogens with one attached hydrogen (secondary N) is 1. The van der Waals surface area contributed by atoms with Gasteiger partial charge in [-0.1, -0.05) is 6.07 Å². The average Bonchev–Trinajstić information content (AvgIpc) is 3.20. The lowest BCUT2D eigenvalue weighted by Gasteiger charge is -2.20. The van der Waals surface area contributed by atoms with Gasteiger partial charge in [-0.2, -0.15) is 4.98 Å². The van der Waals surface area contributed by atoms with Crippen LogP contribution < -0.4 is 25.4 Å². The van der Waals surface area contributed by atoms with E-state index in [1.54, 1.807) is 7.11 Å². The van der Waals surface area contributed by atoms with Crippen LogP contribution in [0.2, 0.25) is 0 Å². The van der Waals surface area contributed by atoms with E-state index in [0.29, 0.717) is 34.4 Å². The number of nitrogens with two attached hydrogens (primary N) is 1. The first-order valence-corrected chi connectivity index (χ1v) is 9.67. The molecule has 1 saturated heterocycles. The zero-order chi connectivity index (χ0) is 20.5. The minimum Gasteiger partial charge on any atom is -0.496 e. The third-order valence-electron chi connectivity index (χ3n) is 5.49. The van der Waals surface area contributed by atoms with Crippen molar-refractivity contribution in [2.24, 2.45) is 0 Å². The highest BCUT2D eigenvalue weighted by atomic mass is 16.5. The summed E-state index contributed by atoms with van der Waals surface area (Å²) in [4.78, 5) is 15.6. The Morgan fingerprint density at radius 2 is 2.07 bits per heavy atom. The van der Waals surface area contributed by atoms with E-state index >= 15 is 0 Å². The smallest absolute Gasteiger partial charge is 0.234 e. The Labute approximate surface area is 170 Å². The Morgan fingerprint density at radius 3 is 2.79 bits per heavy atom. The van der Waals surface area contributed by atoms with Gasteiger partial charge < -0.3 is 25.4 Å². The van der Waals surface area contributed by atoms with E-state index in [4.69, 9.17) is 20.2 Å². The van der Waals surface area contributed by atoms with E-state index in [1.165, 1.54) is 6.33 Å². The number of anilines is 2. The summed E-state index contributed by atoms with van der Waals surface area (Å²) >= 11 is 0. The summed E-state index contributed by atoms with van der Waals surface area (Å²) in [5, 5.41) is 3.94. The SMILES string of the molecule is CN[C@@H]1CCN(c2cc3ncnc(N)c3c(Oc3c(C)ccc(OC)c3C)n2)C1. The molecule has 0 unspecified atom stereocenters. The minimum absolute atomic E-state index is 0.344. The summed E-state index contributed by atoms with van der Waals surface area (Å²) in [7, 11) is 3.63. The maximum absolute atomic E-state index is 6.34. The molecule has 1 aliphatic heterocycles. The molecule has 3 N–H and O–H groups in total. The predicted octanol–water partition coefficient (Wildman–Crippen LogP) is 2.82. The van der Waals surface area contributed by atoms with Gasteiger partial charge in [0.2, 0.25) is 5.88 Å². The quantitative estimate of drug-likeness (QED) is 0.682. The number of rotatable bonds is 5. The predicted molar refractivity (Wildman–Crippen MR) is 114 cm³/mol. The highest BCUT2D eigenvalue weighted by molar-refractivity contribution is 5.94. The number of benzene rings is 1. The van der Waals surface area contributed by atoms with Gasteiger partial charge in [-0.25, -0.2) is 9.97 Å². The van der Waals surface area contributed by atoms with E-state index < -0.39 is 0 Å². The van der Waals surface area contributed by atoms with Crippen molar-refractivity contribution < 1.29 is 9.47 Å². The van der Waals surface area contributed by atoms with Crippen LogP contribution in [0.4, 0.5) is 11.6 Å². The van der Waals surface area contributed by atoms with Crippen LogP contribution >= 0.6 is 0 Å². The molecule has 8 heteroatoms. The van der Waals surface area contributed by atoms with Crippen molar-refractivity contribution in [1.29, 1.82) is 0 Å². The molecular weight excluding hydrogens is 368 g/mol. The third-order valence-corrected chi connectivity index (χ3v) is 5.49. The van der Waals surface area contributed by atoms with Crippen molar-refractivity contribution in [3.05, 3.63) is 35.7 Å². The lowest BCUT2D eigenvalue weighted by Crippen LogP contribution is -2.29. The fraction of sp³-hybridized carbons (Fsp3) is 0.381. The first kappa shape index (κ1) is 19.2. The van der Waals surface area contributed by atoms with E-state index in [2.05, 4.69) is 20.2 Å². The van der Waals surface area contributed by atoms with Crippen LogP contribution in [-0.2, 0) is 0 Å². The molecule has 1 fully saturated rings. The summed E-state index contributed by atoms with van der Waals surface area (Å²) in [6, 6.07) is 6.28. The van der Waals surface area contributed by atoms with Crippen LogP contribution in [0, 0.1) is 13.8 Å². The lowest BCUT2D eigenvalue weighted by molar-refractivity contribution is 0.402. The van der Waals surface area contributed by atoms with Crippen LogP contribution in [0.5, 0.6) is 17.4 Å². The Balaban J connectivity index is 1.83. The molecule has 0 aliphatic carbocycles. The van der Waals surface area contributed by atoms with Gasteiger partial charge in [-0.3, -0.25) is 0 Å². The van der Waals surface area contributed by atoms with Crippen molar-refractivity contribution >= 4 is 22.5 Å². The van der Waals surface area contributed by atoms with Crippen molar-refractivity contribution in [3.63, 3.8) is 0 Å². The monoisotopic (exact) mass is 394 g/mol. The van der Waals surface area contributed by atoms with Gasteiger partial charge in [0.05, 0.1) is 12.6 Å². The fourth-order valence-corrected chi connectivity index (χ4v) is 3.78. The average molecular weight is 394 g/mol. The molecule has 0 amide bonds. The van der Waals surface area contributed by atoms with Crippen molar-refractivity contribution in [1.82, 2.24) is 20.3 Å². The van der Waals surface area contributed by atoms with Crippen molar-refractivity contribution in [2.75, 3.05) is 37.9 Å². The van der Waals surface area contributed by atoms with E-state index in [9.17, 15) is 0 Å². The van der Waals surface area contributed by atoms with Gasteiger partial charge in [-0.15, -0.1) is 0 Å². The molecule has 4 rings (SSSR count). The molecule has 1 aromatic carbocycles. The van der Waals surface area contributed by atoms with Crippen molar-refractivity contribution in [2.45, 2.75) is 26.3 Å². The fourth-order valence-electron chi connectivity index (χ4n) is 3.78. The molecule has 1 aliphatic rings. The molecule has 0 radical (unpaired) electrons. The molecule has 3 heterocycles. The number of likely N-dealkylation sites (N-methyl/N-ethyl adjacent to an activating group) is 1. The standard InChI is InChI=1S/C21H26N6O2/c1-12-5-6-16(28-4)13(2)19(12)29-21-18-15(24-11-25-20(18)22)9-17(26-21)27-8-7-14(10-27)23-3/h5-6,9,11,14,23H,7-8,10H2,1-4H3,(H2,22,24,25)/t14-/m1/s1. The highest BCUT2D eigenvalue weighted by Crippen LogP contribution is 2.38. The molecule has 0 spiro atoms. The lowest BCUT2D eigenvalue weighted by atomic mass is 10.1. The highest BCUT2D eigenvalue weighted by Gasteiger charge is 2.24. The van der Waals surface area contributed by atoms with Gasteiger partial charge in [-0.05, 0) is 38.9 Å². The second-order valence-corrected chi connectivity index (χ2v) is 7.30. The van der Waals surface area contributed by atoms with Gasteiger partial charge in [0.15, 0.2) is 0 Å². The number of ether oxygens (including phenoxy) is 2. The van der Waals surface area contributed by atoms with E-state index in [1.807, 2.05) is 39.1 Å². The second-order valence-electron chi connectivity index (χ2n) is 7.30. The maximum atomic E-state index is 6.34. The molecule has 8 nitrogen and oxygen atoms in total. The van der Waals surface area contributed by atoms with Gasteiger partial charge in [0.25, 0.3) is 0 Å². The Kier molecular flexibility index (Phi) is 5.10. The number of pyridine rings is 1. The number of hydrogen-bond donors (Lipinski definition) is 2. The van der Waals surface area contributed by atoms with Gasteiger partial charge in [0.1, 0.15) is 34.8 Å². The molecule has 3 aromatic rings. The summed E-state index contributed by atoms with van der Waals surface area (Å²) in [6.07, 6.45) is 2.53. The van der Waals surface area contributed by atoms with Crippen LogP contribution in [0.25, 0.3) is 10.9 Å². The summed E-state index contributed by atoms with van der Waals surface area (Å²) in [5.41, 5.74) is 8.77. The summed E-state index contributed by atoms with van der Waals surface area (Å²) < 4.78 is 11.8. The van der Waals surface area contributed by atoms with E-state index in [-0.39, 0.29) is 0 Å². The van der Waals surface area contributed by atoms with Gasteiger partial charge in [0, 0.05) is 30.8 Å². The first-order valence-electron chi connectivity index (χ1n) is 9.67. The molecule has 2 aromatic heterocycles. The Morgan fingerprint density at radius 1 is 1.24 bits per heavy atom. The molecule has 29 heavy (non-hydrogen) atoms. The number of aryl methyl sites for hydroxylation is 1. The molecule has 0 bridgehead atoms. The number of methoxy groups -OCH3 is 1. The van der Waals surface area contributed by atoms with Gasteiger partial charge >= 0.3 is 0 Å². The molecule has 1 atom stereocenters. The zero-order valence-electron chi connectivity index (χ0n) is 17.2. The molecule has 152 valence electrons. The zero-order valence-corrected chi connectivity index (χ0v) is 17.2. The van der Waals surface area contributed by atoms with Crippen molar-refractivity contribution in [3.8, 4) is 17.4 Å². The molecule has 0 saturated carbocycles. The Bertz CT molecular complexity index is 1060. The normalized spacial score (nSPS) is 16.4.